The van der Waals surface area contributed by atoms with E-state index in [4.69, 9.17) is 27.6 Å². The molecule has 0 radical (unpaired) electrons. The number of rotatable bonds is 4. The van der Waals surface area contributed by atoms with Crippen LogP contribution >= 0.6 is 34.5 Å². The van der Waals surface area contributed by atoms with Gasteiger partial charge in [-0.05, 0) is 35.9 Å². The summed E-state index contributed by atoms with van der Waals surface area (Å²) in [5.74, 6) is 1.78. The fourth-order valence-corrected chi connectivity index (χ4v) is 4.57. The molecule has 0 atom stereocenters. The van der Waals surface area contributed by atoms with Crippen molar-refractivity contribution in [2.75, 3.05) is 0 Å². The number of benzene rings is 2. The summed E-state index contributed by atoms with van der Waals surface area (Å²) < 4.78 is 7.70. The Balaban J connectivity index is 1.46. The van der Waals surface area contributed by atoms with Crippen molar-refractivity contribution in [1.82, 2.24) is 14.6 Å². The van der Waals surface area contributed by atoms with Crippen LogP contribution in [0.3, 0.4) is 0 Å². The van der Waals surface area contributed by atoms with Gasteiger partial charge in [0.05, 0.1) is 0 Å². The maximum Gasteiger partial charge on any atom is 0.291 e. The third-order valence-corrected chi connectivity index (χ3v) is 5.87. The Morgan fingerprint density at radius 3 is 2.53 bits per heavy atom. The number of aromatic nitrogens is 3. The zero-order valence-corrected chi connectivity index (χ0v) is 17.7. The monoisotopic (exact) mass is 453 g/mol. The van der Waals surface area contributed by atoms with E-state index in [1.54, 1.807) is 30.3 Å². The highest BCUT2D eigenvalue weighted by molar-refractivity contribution is 7.15. The minimum atomic E-state index is -0.217. The largest absolute Gasteiger partial charge is 0.457 e. The molecule has 0 aliphatic carbocycles. The Hall–Kier alpha value is -2.93. The molecule has 0 fully saturated rings. The van der Waals surface area contributed by atoms with E-state index in [1.165, 1.54) is 15.9 Å². The molecule has 0 saturated heterocycles. The van der Waals surface area contributed by atoms with Gasteiger partial charge in [0.25, 0.3) is 5.56 Å². The number of hydrogen-bond donors (Lipinski definition) is 0. The van der Waals surface area contributed by atoms with Gasteiger partial charge in [-0.3, -0.25) is 4.79 Å². The minimum Gasteiger partial charge on any atom is -0.457 e. The summed E-state index contributed by atoms with van der Waals surface area (Å²) >= 11 is 13.4. The molecule has 5 aromatic rings. The lowest BCUT2D eigenvalue weighted by Crippen LogP contribution is -2.23. The number of hydrogen-bond acceptors (Lipinski definition) is 5. The van der Waals surface area contributed by atoms with Crippen molar-refractivity contribution in [2.24, 2.45) is 0 Å². The average molecular weight is 454 g/mol. The second-order valence-corrected chi connectivity index (χ2v) is 8.54. The first-order valence-corrected chi connectivity index (χ1v) is 10.6. The van der Waals surface area contributed by atoms with E-state index >= 15 is 0 Å². The quantitative estimate of drug-likeness (QED) is 0.389. The Labute approximate surface area is 184 Å². The highest BCUT2D eigenvalue weighted by atomic mass is 35.5. The van der Waals surface area contributed by atoms with Crippen LogP contribution in [0.1, 0.15) is 17.1 Å². The van der Waals surface area contributed by atoms with Crippen LogP contribution in [-0.2, 0) is 6.42 Å². The molecule has 0 unspecified atom stereocenters. The molecule has 3 heterocycles. The molecule has 0 N–H and O–H groups in total. The van der Waals surface area contributed by atoms with Crippen LogP contribution in [0.2, 0.25) is 10.0 Å². The van der Waals surface area contributed by atoms with Gasteiger partial charge >= 0.3 is 0 Å². The van der Waals surface area contributed by atoms with Gasteiger partial charge in [-0.15, -0.1) is 5.10 Å². The van der Waals surface area contributed by atoms with Crippen LogP contribution in [0.5, 0.6) is 0 Å². The predicted octanol–water partition coefficient (Wildman–Crippen LogP) is 4.86. The van der Waals surface area contributed by atoms with Gasteiger partial charge in [0.15, 0.2) is 5.82 Å². The Morgan fingerprint density at radius 2 is 1.80 bits per heavy atom. The highest BCUT2D eigenvalue weighted by Crippen LogP contribution is 2.28. The normalized spacial score (nSPS) is 12.1. The van der Waals surface area contributed by atoms with Crippen LogP contribution in [-0.4, -0.2) is 14.6 Å². The van der Waals surface area contributed by atoms with E-state index in [1.807, 2.05) is 36.4 Å². The van der Waals surface area contributed by atoms with Crippen LogP contribution in [0.25, 0.3) is 22.4 Å². The minimum absolute atomic E-state index is 0.217. The number of halogens is 2. The third kappa shape index (κ3) is 3.77. The molecule has 5 nitrogen and oxygen atoms in total. The van der Waals surface area contributed by atoms with Crippen molar-refractivity contribution in [3.63, 3.8) is 0 Å². The number of nitrogens with zero attached hydrogens (tertiary/aromatic N) is 3. The Morgan fingerprint density at radius 1 is 1.03 bits per heavy atom. The van der Waals surface area contributed by atoms with Gasteiger partial charge in [0.2, 0.25) is 4.96 Å². The van der Waals surface area contributed by atoms with Crippen molar-refractivity contribution in [2.45, 2.75) is 6.42 Å². The van der Waals surface area contributed by atoms with E-state index < -0.39 is 0 Å². The molecule has 0 spiro atoms. The SMILES string of the molecule is O=c1c(=Cc2ccc(-c3cc(Cl)cc(Cl)c3)o2)sc2nc(Cc3ccccc3)nn12. The fraction of sp³-hybridized carbons (Fsp3) is 0.0455. The summed E-state index contributed by atoms with van der Waals surface area (Å²) in [5.41, 5.74) is 1.65. The molecule has 0 amide bonds. The number of fused-ring (bicyclic) bond motifs is 1. The Kier molecular flexibility index (Phi) is 4.90. The van der Waals surface area contributed by atoms with Crippen LogP contribution in [0, 0.1) is 0 Å². The molecule has 0 bridgehead atoms. The molecular weight excluding hydrogens is 441 g/mol. The zero-order valence-electron chi connectivity index (χ0n) is 15.4. The van der Waals surface area contributed by atoms with Crippen molar-refractivity contribution in [1.29, 1.82) is 0 Å². The van der Waals surface area contributed by atoms with Crippen molar-refractivity contribution in [3.8, 4) is 11.3 Å². The van der Waals surface area contributed by atoms with Gasteiger partial charge in [0.1, 0.15) is 16.1 Å². The topological polar surface area (TPSA) is 60.4 Å². The molecule has 3 aromatic heterocycles. The van der Waals surface area contributed by atoms with E-state index in [0.717, 1.165) is 11.1 Å². The van der Waals surface area contributed by atoms with E-state index in [0.29, 0.717) is 43.3 Å². The molecule has 5 rings (SSSR count). The van der Waals surface area contributed by atoms with E-state index in [9.17, 15) is 4.79 Å². The summed E-state index contributed by atoms with van der Waals surface area (Å²) in [6.45, 7) is 0. The maximum absolute atomic E-state index is 12.7. The van der Waals surface area contributed by atoms with Gasteiger partial charge in [-0.2, -0.15) is 4.52 Å². The van der Waals surface area contributed by atoms with Gasteiger partial charge in [0, 0.05) is 28.1 Å². The lowest BCUT2D eigenvalue weighted by Gasteiger charge is -1.99. The molecule has 0 aliphatic rings. The zero-order chi connectivity index (χ0) is 20.7. The Bertz CT molecular complexity index is 1450. The molecule has 0 saturated carbocycles. The lowest BCUT2D eigenvalue weighted by molar-refractivity contribution is 0.571. The van der Waals surface area contributed by atoms with Gasteiger partial charge < -0.3 is 4.42 Å². The molecule has 0 aliphatic heterocycles. The summed E-state index contributed by atoms with van der Waals surface area (Å²) in [6.07, 6.45) is 2.27. The number of furan rings is 1. The molecule has 148 valence electrons. The third-order valence-electron chi connectivity index (χ3n) is 4.48. The van der Waals surface area contributed by atoms with Crippen LogP contribution < -0.4 is 10.1 Å². The first-order chi connectivity index (χ1) is 14.5. The molecular formula is C22H13Cl2N3O2S. The summed E-state index contributed by atoms with van der Waals surface area (Å²) in [6, 6.07) is 18.7. The van der Waals surface area contributed by atoms with Crippen molar-refractivity contribution < 1.29 is 4.42 Å². The lowest BCUT2D eigenvalue weighted by atomic mass is 10.1. The van der Waals surface area contributed by atoms with Crippen molar-refractivity contribution >= 4 is 45.6 Å². The molecule has 8 heteroatoms. The van der Waals surface area contributed by atoms with E-state index in [-0.39, 0.29) is 5.56 Å². The molecule has 30 heavy (non-hydrogen) atoms. The summed E-state index contributed by atoms with van der Waals surface area (Å²) in [7, 11) is 0. The first-order valence-electron chi connectivity index (χ1n) is 9.05. The van der Waals surface area contributed by atoms with Gasteiger partial charge in [-0.25, -0.2) is 4.98 Å². The predicted molar refractivity (Wildman–Crippen MR) is 119 cm³/mol. The smallest absolute Gasteiger partial charge is 0.291 e. The second-order valence-electron chi connectivity index (χ2n) is 6.66. The van der Waals surface area contributed by atoms with Crippen LogP contribution in [0.15, 0.2) is 69.9 Å². The fourth-order valence-electron chi connectivity index (χ4n) is 3.14. The maximum atomic E-state index is 12.7. The van der Waals surface area contributed by atoms with E-state index in [2.05, 4.69) is 10.1 Å². The summed E-state index contributed by atoms with van der Waals surface area (Å²) in [5, 5.41) is 5.42. The number of thiazole rings is 1. The standard InChI is InChI=1S/C22H13Cl2N3O2S/c23-15-9-14(10-16(24)11-15)18-7-6-17(29-18)12-19-21(28)27-22(30-19)25-20(26-27)8-13-4-2-1-3-5-13/h1-7,9-12H,8H2. The average Bonchev–Trinajstić information content (AvgIpc) is 3.40. The summed E-state index contributed by atoms with van der Waals surface area (Å²) in [4.78, 5) is 17.8. The highest BCUT2D eigenvalue weighted by Gasteiger charge is 2.12. The van der Waals surface area contributed by atoms with Gasteiger partial charge in [-0.1, -0.05) is 64.9 Å². The van der Waals surface area contributed by atoms with Crippen LogP contribution in [0.4, 0.5) is 0 Å². The molecule has 2 aromatic carbocycles. The second kappa shape index (κ2) is 7.72. The first kappa shape index (κ1) is 19.1. The van der Waals surface area contributed by atoms with Crippen molar-refractivity contribution in [3.05, 3.63) is 103 Å².